The van der Waals surface area contributed by atoms with E-state index in [1.54, 1.807) is 18.1 Å². The first-order chi connectivity index (χ1) is 11.7. The number of carbonyl (C=O) groups is 1. The predicted octanol–water partition coefficient (Wildman–Crippen LogP) is 3.56. The molecule has 0 radical (unpaired) electrons. The maximum atomic E-state index is 12.3. The van der Waals surface area contributed by atoms with Gasteiger partial charge >= 0.3 is 0 Å². The van der Waals surface area contributed by atoms with E-state index < -0.39 is 0 Å². The number of amides is 1. The molecule has 0 saturated heterocycles. The highest BCUT2D eigenvalue weighted by atomic mass is 35.5. The van der Waals surface area contributed by atoms with Crippen LogP contribution in [0, 0.1) is 0 Å². The lowest BCUT2D eigenvalue weighted by atomic mass is 10.2. The molecule has 0 N–H and O–H groups in total. The number of aromatic nitrogens is 2. The molecule has 0 aliphatic carbocycles. The molecule has 1 heterocycles. The number of benzene rings is 1. The molecule has 0 unspecified atom stereocenters. The molecule has 2 aromatic rings. The van der Waals surface area contributed by atoms with E-state index in [9.17, 15) is 4.79 Å². The number of hydrogen-bond acceptors (Lipinski definition) is 5. The van der Waals surface area contributed by atoms with Gasteiger partial charge in [-0.3, -0.25) is 4.79 Å². The van der Waals surface area contributed by atoms with Gasteiger partial charge in [0.25, 0.3) is 0 Å². The van der Waals surface area contributed by atoms with Crippen LogP contribution in [0.2, 0.25) is 5.02 Å². The molecule has 130 valence electrons. The second-order valence-corrected chi connectivity index (χ2v) is 5.80. The topological polar surface area (TPSA) is 68.5 Å². The Labute approximate surface area is 146 Å². The first-order valence-electron chi connectivity index (χ1n) is 7.99. The lowest BCUT2D eigenvalue weighted by Crippen LogP contribution is -2.31. The van der Waals surface area contributed by atoms with Crippen molar-refractivity contribution in [2.75, 3.05) is 20.3 Å². The van der Waals surface area contributed by atoms with Gasteiger partial charge in [0.2, 0.25) is 17.7 Å². The number of halogens is 1. The first kappa shape index (κ1) is 18.4. The third kappa shape index (κ3) is 5.04. The Hall–Kier alpha value is -1.92. The van der Waals surface area contributed by atoms with E-state index in [2.05, 4.69) is 10.2 Å². The SMILES string of the molecule is CCCN(Cc1nnc(-c2ccccc2Cl)o1)C(=O)CCCOC. The van der Waals surface area contributed by atoms with Crippen molar-refractivity contribution in [3.63, 3.8) is 0 Å². The van der Waals surface area contributed by atoms with Crippen LogP contribution in [0.4, 0.5) is 0 Å². The van der Waals surface area contributed by atoms with Crippen LogP contribution in [-0.4, -0.2) is 41.3 Å². The number of methoxy groups -OCH3 is 1. The fraction of sp³-hybridized carbons (Fsp3) is 0.471. The van der Waals surface area contributed by atoms with Crippen LogP contribution in [0.3, 0.4) is 0 Å². The minimum atomic E-state index is 0.0615. The monoisotopic (exact) mass is 351 g/mol. The molecule has 0 bridgehead atoms. The molecule has 0 aliphatic heterocycles. The smallest absolute Gasteiger partial charge is 0.249 e. The third-order valence-corrected chi connectivity index (χ3v) is 3.81. The zero-order valence-corrected chi connectivity index (χ0v) is 14.8. The van der Waals surface area contributed by atoms with E-state index in [0.29, 0.717) is 54.9 Å². The quantitative estimate of drug-likeness (QED) is 0.646. The van der Waals surface area contributed by atoms with Crippen molar-refractivity contribution in [1.29, 1.82) is 0 Å². The summed E-state index contributed by atoms with van der Waals surface area (Å²) in [6.07, 6.45) is 2.01. The van der Waals surface area contributed by atoms with Crippen LogP contribution < -0.4 is 0 Å². The fourth-order valence-corrected chi connectivity index (χ4v) is 2.53. The maximum Gasteiger partial charge on any atom is 0.249 e. The average Bonchev–Trinajstić information content (AvgIpc) is 3.03. The summed E-state index contributed by atoms with van der Waals surface area (Å²) < 4.78 is 10.7. The van der Waals surface area contributed by atoms with Gasteiger partial charge in [0.1, 0.15) is 0 Å². The van der Waals surface area contributed by atoms with Crippen LogP contribution in [0.5, 0.6) is 0 Å². The summed E-state index contributed by atoms with van der Waals surface area (Å²) in [5.74, 6) is 0.823. The largest absolute Gasteiger partial charge is 0.419 e. The Morgan fingerprint density at radius 1 is 1.33 bits per heavy atom. The molecule has 0 fully saturated rings. The Morgan fingerprint density at radius 3 is 2.83 bits per heavy atom. The van der Waals surface area contributed by atoms with Crippen molar-refractivity contribution in [3.8, 4) is 11.5 Å². The molecule has 1 aromatic carbocycles. The highest BCUT2D eigenvalue weighted by Gasteiger charge is 2.17. The first-order valence-corrected chi connectivity index (χ1v) is 8.37. The number of carbonyl (C=O) groups excluding carboxylic acids is 1. The molecular formula is C17H22ClN3O3. The van der Waals surface area contributed by atoms with Gasteiger partial charge in [-0.05, 0) is 25.0 Å². The highest BCUT2D eigenvalue weighted by molar-refractivity contribution is 6.33. The Morgan fingerprint density at radius 2 is 2.12 bits per heavy atom. The summed E-state index contributed by atoms with van der Waals surface area (Å²) in [7, 11) is 1.63. The zero-order valence-electron chi connectivity index (χ0n) is 14.0. The summed E-state index contributed by atoms with van der Waals surface area (Å²) in [4.78, 5) is 14.0. The van der Waals surface area contributed by atoms with Crippen LogP contribution in [-0.2, 0) is 16.1 Å². The van der Waals surface area contributed by atoms with Crippen molar-refractivity contribution in [1.82, 2.24) is 15.1 Å². The van der Waals surface area contributed by atoms with Gasteiger partial charge < -0.3 is 14.1 Å². The lowest BCUT2D eigenvalue weighted by molar-refractivity contribution is -0.132. The Bertz CT molecular complexity index is 660. The molecule has 7 heteroatoms. The normalized spacial score (nSPS) is 10.8. The van der Waals surface area contributed by atoms with E-state index >= 15 is 0 Å². The van der Waals surface area contributed by atoms with Crippen LogP contribution in [0.1, 0.15) is 32.1 Å². The van der Waals surface area contributed by atoms with Crippen LogP contribution >= 0.6 is 11.6 Å². The molecule has 24 heavy (non-hydrogen) atoms. The Kier molecular flexibility index (Phi) is 7.21. The van der Waals surface area contributed by atoms with Gasteiger partial charge in [0, 0.05) is 26.7 Å². The van der Waals surface area contributed by atoms with Gasteiger partial charge in [-0.15, -0.1) is 10.2 Å². The van der Waals surface area contributed by atoms with Crippen molar-refractivity contribution in [2.24, 2.45) is 0 Å². The summed E-state index contributed by atoms with van der Waals surface area (Å²) in [5.41, 5.74) is 0.686. The molecule has 0 saturated carbocycles. The van der Waals surface area contributed by atoms with Crippen molar-refractivity contribution >= 4 is 17.5 Å². The summed E-state index contributed by atoms with van der Waals surface area (Å²) >= 11 is 6.14. The summed E-state index contributed by atoms with van der Waals surface area (Å²) in [6.45, 7) is 3.55. The van der Waals surface area contributed by atoms with Crippen molar-refractivity contribution < 1.29 is 13.9 Å². The summed E-state index contributed by atoms with van der Waals surface area (Å²) in [5, 5.41) is 8.63. The third-order valence-electron chi connectivity index (χ3n) is 3.48. The standard InChI is InChI=1S/C17H22ClN3O3/c1-3-10-21(16(22)9-6-11-23-2)12-15-19-20-17(24-15)13-7-4-5-8-14(13)18/h4-5,7-8H,3,6,9-12H2,1-2H3. The van der Waals surface area contributed by atoms with E-state index in [-0.39, 0.29) is 5.91 Å². The molecular weight excluding hydrogens is 330 g/mol. The molecule has 1 amide bonds. The number of nitrogens with zero attached hydrogens (tertiary/aromatic N) is 3. The molecule has 1 aromatic heterocycles. The van der Waals surface area contributed by atoms with Crippen LogP contribution in [0.15, 0.2) is 28.7 Å². The van der Waals surface area contributed by atoms with E-state index in [4.69, 9.17) is 20.8 Å². The van der Waals surface area contributed by atoms with Crippen LogP contribution in [0.25, 0.3) is 11.5 Å². The van der Waals surface area contributed by atoms with Gasteiger partial charge in [-0.1, -0.05) is 30.7 Å². The molecule has 2 rings (SSSR count). The average molecular weight is 352 g/mol. The predicted molar refractivity (Wildman–Crippen MR) is 91.6 cm³/mol. The van der Waals surface area contributed by atoms with Crippen molar-refractivity contribution in [2.45, 2.75) is 32.7 Å². The highest BCUT2D eigenvalue weighted by Crippen LogP contribution is 2.26. The van der Waals surface area contributed by atoms with Gasteiger partial charge in [0.15, 0.2) is 0 Å². The minimum absolute atomic E-state index is 0.0615. The van der Waals surface area contributed by atoms with E-state index in [1.165, 1.54) is 0 Å². The maximum absolute atomic E-state index is 12.3. The molecule has 0 atom stereocenters. The summed E-state index contributed by atoms with van der Waals surface area (Å²) in [6, 6.07) is 7.28. The second-order valence-electron chi connectivity index (χ2n) is 5.39. The molecule has 0 aliphatic rings. The van der Waals surface area contributed by atoms with Crippen molar-refractivity contribution in [3.05, 3.63) is 35.2 Å². The number of ether oxygens (including phenoxy) is 1. The number of rotatable bonds is 9. The second kappa shape index (κ2) is 9.39. The fourth-order valence-electron chi connectivity index (χ4n) is 2.31. The zero-order chi connectivity index (χ0) is 17.4. The van der Waals surface area contributed by atoms with E-state index in [0.717, 1.165) is 6.42 Å². The minimum Gasteiger partial charge on any atom is -0.419 e. The molecule has 6 nitrogen and oxygen atoms in total. The number of hydrogen-bond donors (Lipinski definition) is 0. The van der Waals surface area contributed by atoms with Gasteiger partial charge in [-0.2, -0.15) is 0 Å². The van der Waals surface area contributed by atoms with Gasteiger partial charge in [0.05, 0.1) is 17.1 Å². The molecule has 0 spiro atoms. The Balaban J connectivity index is 2.05. The van der Waals surface area contributed by atoms with Gasteiger partial charge in [-0.25, -0.2) is 0 Å². The van der Waals surface area contributed by atoms with E-state index in [1.807, 2.05) is 25.1 Å². The lowest BCUT2D eigenvalue weighted by Gasteiger charge is -2.20.